The first-order chi connectivity index (χ1) is 13.6. The van der Waals surface area contributed by atoms with E-state index in [0.29, 0.717) is 28.8 Å². The van der Waals surface area contributed by atoms with Gasteiger partial charge in [0.1, 0.15) is 0 Å². The summed E-state index contributed by atoms with van der Waals surface area (Å²) in [5, 5.41) is 5.00. The molecule has 0 spiro atoms. The van der Waals surface area contributed by atoms with Gasteiger partial charge in [0.25, 0.3) is 0 Å². The smallest absolute Gasteiger partial charge is 0.232 e. The molecule has 144 valence electrons. The second-order valence-electron chi connectivity index (χ2n) is 8.21. The van der Waals surface area contributed by atoms with Gasteiger partial charge in [0.2, 0.25) is 11.7 Å². The zero-order valence-corrected chi connectivity index (χ0v) is 16.9. The maximum absolute atomic E-state index is 6.01. The molecule has 3 heterocycles. The summed E-state index contributed by atoms with van der Waals surface area (Å²) in [7, 11) is 2.25. The standard InChI is InChI=1S/C23H24ClN3O/c1-14-3-5-15(6-4-14)19-13-18-11-12-20(27(18)2)21(19)23-25-22(26-28-23)16-7-9-17(24)10-8-16/h3-10,18-21H,11-13H2,1-2H3/t18?,19-,20-,21-/m1/s1. The third-order valence-corrected chi connectivity index (χ3v) is 6.86. The van der Waals surface area contributed by atoms with Crippen LogP contribution >= 0.6 is 11.6 Å². The second-order valence-corrected chi connectivity index (χ2v) is 8.64. The average molecular weight is 394 g/mol. The van der Waals surface area contributed by atoms with E-state index in [9.17, 15) is 0 Å². The minimum absolute atomic E-state index is 0.222. The first-order valence-electron chi connectivity index (χ1n) is 9.98. The summed E-state index contributed by atoms with van der Waals surface area (Å²) in [6.07, 6.45) is 3.57. The third kappa shape index (κ3) is 3.05. The maximum atomic E-state index is 6.01. The van der Waals surface area contributed by atoms with Crippen molar-refractivity contribution < 1.29 is 4.52 Å². The lowest BCUT2D eigenvalue weighted by molar-refractivity contribution is 0.120. The van der Waals surface area contributed by atoms with Crippen LogP contribution in [0.1, 0.15) is 48.1 Å². The molecule has 3 aromatic rings. The average Bonchev–Trinajstić information content (AvgIpc) is 3.26. The van der Waals surface area contributed by atoms with Gasteiger partial charge in [0.05, 0.1) is 5.92 Å². The van der Waals surface area contributed by atoms with Crippen molar-refractivity contribution in [1.82, 2.24) is 15.0 Å². The molecule has 0 radical (unpaired) electrons. The number of fused-ring (bicyclic) bond motifs is 2. The lowest BCUT2D eigenvalue weighted by Crippen LogP contribution is -2.44. The van der Waals surface area contributed by atoms with E-state index in [0.717, 1.165) is 17.9 Å². The predicted molar refractivity (Wildman–Crippen MR) is 111 cm³/mol. The van der Waals surface area contributed by atoms with E-state index >= 15 is 0 Å². The minimum atomic E-state index is 0.222. The Morgan fingerprint density at radius 3 is 2.54 bits per heavy atom. The molecule has 4 nitrogen and oxygen atoms in total. The van der Waals surface area contributed by atoms with Crippen molar-refractivity contribution in [3.63, 3.8) is 0 Å². The molecule has 0 amide bonds. The van der Waals surface area contributed by atoms with E-state index in [2.05, 4.69) is 48.3 Å². The van der Waals surface area contributed by atoms with E-state index in [1.165, 1.54) is 24.0 Å². The summed E-state index contributed by atoms with van der Waals surface area (Å²) in [6.45, 7) is 2.13. The van der Waals surface area contributed by atoms with Crippen molar-refractivity contribution in [2.45, 2.75) is 50.1 Å². The van der Waals surface area contributed by atoms with Crippen molar-refractivity contribution in [3.05, 3.63) is 70.6 Å². The Hall–Kier alpha value is -2.17. The Morgan fingerprint density at radius 2 is 1.79 bits per heavy atom. The van der Waals surface area contributed by atoms with Crippen LogP contribution in [0.15, 0.2) is 53.1 Å². The number of piperidine rings is 1. The summed E-state index contributed by atoms with van der Waals surface area (Å²) in [5.74, 6) is 2.03. The molecule has 5 heteroatoms. The molecule has 4 atom stereocenters. The van der Waals surface area contributed by atoms with Gasteiger partial charge in [-0.25, -0.2) is 0 Å². The first kappa shape index (κ1) is 17.9. The number of nitrogens with zero attached hydrogens (tertiary/aromatic N) is 3. The molecule has 2 fully saturated rings. The molecule has 2 saturated heterocycles. The van der Waals surface area contributed by atoms with Gasteiger partial charge in [-0.05, 0) is 69.0 Å². The highest BCUT2D eigenvalue weighted by atomic mass is 35.5. The quantitative estimate of drug-likeness (QED) is 0.594. The Morgan fingerprint density at radius 1 is 1.04 bits per heavy atom. The fraction of sp³-hybridized carbons (Fsp3) is 0.391. The lowest BCUT2D eigenvalue weighted by Gasteiger charge is -2.41. The zero-order valence-electron chi connectivity index (χ0n) is 16.2. The Labute approximate surface area is 170 Å². The molecule has 0 N–H and O–H groups in total. The topological polar surface area (TPSA) is 42.2 Å². The number of aryl methyl sites for hydroxylation is 1. The summed E-state index contributed by atoms with van der Waals surface area (Å²) in [6, 6.07) is 17.6. The third-order valence-electron chi connectivity index (χ3n) is 6.60. The van der Waals surface area contributed by atoms with Gasteiger partial charge >= 0.3 is 0 Å². The molecule has 1 unspecified atom stereocenters. The zero-order chi connectivity index (χ0) is 19.3. The number of halogens is 1. The number of hydrogen-bond acceptors (Lipinski definition) is 4. The number of aromatic nitrogens is 2. The van der Waals surface area contributed by atoms with Crippen LogP contribution in [0.25, 0.3) is 11.4 Å². The van der Waals surface area contributed by atoms with Gasteiger partial charge in [0, 0.05) is 22.7 Å². The predicted octanol–water partition coefficient (Wildman–Crippen LogP) is 5.43. The molecular weight excluding hydrogens is 370 g/mol. The van der Waals surface area contributed by atoms with Crippen LogP contribution in [0.4, 0.5) is 0 Å². The monoisotopic (exact) mass is 393 g/mol. The summed E-state index contributed by atoms with van der Waals surface area (Å²) < 4.78 is 5.84. The van der Waals surface area contributed by atoms with Gasteiger partial charge in [-0.1, -0.05) is 46.6 Å². The highest BCUT2D eigenvalue weighted by Gasteiger charge is 2.48. The van der Waals surface area contributed by atoms with E-state index in [1.54, 1.807) is 0 Å². The summed E-state index contributed by atoms with van der Waals surface area (Å²) in [4.78, 5) is 7.36. The number of benzene rings is 2. The van der Waals surface area contributed by atoms with Crippen LogP contribution in [0.3, 0.4) is 0 Å². The molecule has 28 heavy (non-hydrogen) atoms. The molecule has 2 aliphatic rings. The number of rotatable bonds is 3. The SMILES string of the molecule is Cc1ccc([C@H]2CC3CC[C@H]([C@@H]2c2nc(-c4ccc(Cl)cc4)no2)N3C)cc1. The normalized spacial score (nSPS) is 27.2. The molecule has 1 aromatic heterocycles. The van der Waals surface area contributed by atoms with Crippen molar-refractivity contribution in [2.75, 3.05) is 7.05 Å². The van der Waals surface area contributed by atoms with E-state index in [4.69, 9.17) is 21.1 Å². The van der Waals surface area contributed by atoms with Crippen molar-refractivity contribution in [1.29, 1.82) is 0 Å². The molecule has 2 bridgehead atoms. The van der Waals surface area contributed by atoms with Crippen molar-refractivity contribution >= 4 is 11.6 Å². The minimum Gasteiger partial charge on any atom is -0.339 e. The molecule has 0 aliphatic carbocycles. The van der Waals surface area contributed by atoms with Crippen molar-refractivity contribution in [2.24, 2.45) is 0 Å². The summed E-state index contributed by atoms with van der Waals surface area (Å²) in [5.41, 5.74) is 3.60. The van der Waals surface area contributed by atoms with E-state index < -0.39 is 0 Å². The van der Waals surface area contributed by atoms with Gasteiger partial charge in [0.15, 0.2) is 0 Å². The lowest BCUT2D eigenvalue weighted by atomic mass is 9.76. The Kier molecular flexibility index (Phi) is 4.48. The second kappa shape index (κ2) is 7.02. The molecular formula is C23H24ClN3O. The molecule has 5 rings (SSSR count). The molecule has 2 aromatic carbocycles. The highest BCUT2D eigenvalue weighted by molar-refractivity contribution is 6.30. The maximum Gasteiger partial charge on any atom is 0.232 e. The van der Waals surface area contributed by atoms with E-state index in [-0.39, 0.29) is 5.92 Å². The van der Waals surface area contributed by atoms with Crippen LogP contribution in [0.5, 0.6) is 0 Å². The van der Waals surface area contributed by atoms with Crippen LogP contribution in [0.2, 0.25) is 5.02 Å². The molecule has 0 saturated carbocycles. The van der Waals surface area contributed by atoms with Crippen LogP contribution < -0.4 is 0 Å². The van der Waals surface area contributed by atoms with Gasteiger partial charge in [-0.3, -0.25) is 4.90 Å². The fourth-order valence-corrected chi connectivity index (χ4v) is 5.17. The van der Waals surface area contributed by atoms with Crippen LogP contribution in [0, 0.1) is 6.92 Å². The van der Waals surface area contributed by atoms with Gasteiger partial charge < -0.3 is 4.52 Å². The number of hydrogen-bond donors (Lipinski definition) is 0. The van der Waals surface area contributed by atoms with E-state index in [1.807, 2.05) is 24.3 Å². The fourth-order valence-electron chi connectivity index (χ4n) is 5.05. The first-order valence-corrected chi connectivity index (χ1v) is 10.4. The van der Waals surface area contributed by atoms with Gasteiger partial charge in [-0.15, -0.1) is 0 Å². The number of likely N-dealkylation sites (N-methyl/N-ethyl adjacent to an activating group) is 1. The summed E-state index contributed by atoms with van der Waals surface area (Å²) >= 11 is 6.01. The largest absolute Gasteiger partial charge is 0.339 e. The van der Waals surface area contributed by atoms with Crippen LogP contribution in [-0.2, 0) is 0 Å². The Balaban J connectivity index is 1.53. The molecule has 2 aliphatic heterocycles. The van der Waals surface area contributed by atoms with Gasteiger partial charge in [-0.2, -0.15) is 4.98 Å². The van der Waals surface area contributed by atoms with Crippen LogP contribution in [-0.4, -0.2) is 34.2 Å². The Bertz CT molecular complexity index is 966. The van der Waals surface area contributed by atoms with Crippen molar-refractivity contribution in [3.8, 4) is 11.4 Å². The highest BCUT2D eigenvalue weighted by Crippen LogP contribution is 2.50.